The van der Waals surface area contributed by atoms with Crippen LogP contribution < -0.4 is 0 Å². The van der Waals surface area contributed by atoms with Gasteiger partial charge >= 0.3 is 0 Å². The maximum atomic E-state index is 14.2. The molecule has 0 radical (unpaired) electrons. The largest absolute Gasteiger partial charge is 0.467 e. The van der Waals surface area contributed by atoms with Crippen LogP contribution in [0, 0.1) is 5.82 Å². The Morgan fingerprint density at radius 1 is 1.04 bits per heavy atom. The molecule has 0 bridgehead atoms. The van der Waals surface area contributed by atoms with Gasteiger partial charge in [-0.25, -0.2) is 4.39 Å². The minimum atomic E-state index is -0.457. The number of amides is 1. The van der Waals surface area contributed by atoms with E-state index in [4.69, 9.17) is 27.6 Å². The molecule has 0 atom stereocenters. The lowest BCUT2D eigenvalue weighted by atomic mass is 10.1. The molecule has 6 heteroatoms. The van der Waals surface area contributed by atoms with Crippen molar-refractivity contribution in [2.24, 2.45) is 0 Å². The van der Waals surface area contributed by atoms with Crippen LogP contribution in [0.2, 0.25) is 10.0 Å². The molecular weight excluding hydrogens is 388 g/mol. The fourth-order valence-electron chi connectivity index (χ4n) is 2.52. The lowest BCUT2D eigenvalue weighted by molar-refractivity contribution is -0.127. The highest BCUT2D eigenvalue weighted by Gasteiger charge is 2.17. The highest BCUT2D eigenvalue weighted by atomic mass is 35.5. The summed E-state index contributed by atoms with van der Waals surface area (Å²) in [5, 5.41) is 0.890. The third-order valence-corrected chi connectivity index (χ3v) is 4.54. The first-order valence-electron chi connectivity index (χ1n) is 8.21. The summed E-state index contributed by atoms with van der Waals surface area (Å²) in [7, 11) is 0. The van der Waals surface area contributed by atoms with Crippen molar-refractivity contribution in [3.8, 4) is 0 Å². The maximum absolute atomic E-state index is 14.2. The topological polar surface area (TPSA) is 33.5 Å². The second kappa shape index (κ2) is 8.89. The van der Waals surface area contributed by atoms with Crippen molar-refractivity contribution in [2.45, 2.75) is 13.1 Å². The Morgan fingerprint density at radius 3 is 2.48 bits per heavy atom. The minimum Gasteiger partial charge on any atom is -0.467 e. The summed E-state index contributed by atoms with van der Waals surface area (Å²) in [6, 6.07) is 15.0. The van der Waals surface area contributed by atoms with Crippen molar-refractivity contribution < 1.29 is 13.6 Å². The molecular formula is C21H16Cl2FNO2. The van der Waals surface area contributed by atoms with Crippen LogP contribution in [0.3, 0.4) is 0 Å². The van der Waals surface area contributed by atoms with Gasteiger partial charge in [0, 0.05) is 21.7 Å². The zero-order chi connectivity index (χ0) is 19.2. The second-order valence-electron chi connectivity index (χ2n) is 5.86. The maximum Gasteiger partial charge on any atom is 0.247 e. The molecule has 2 aromatic carbocycles. The van der Waals surface area contributed by atoms with Gasteiger partial charge in [0.25, 0.3) is 0 Å². The Labute approximate surface area is 166 Å². The number of nitrogens with zero attached hydrogens (tertiary/aromatic N) is 1. The van der Waals surface area contributed by atoms with Gasteiger partial charge in [0.1, 0.15) is 11.6 Å². The van der Waals surface area contributed by atoms with Crippen molar-refractivity contribution >= 4 is 35.2 Å². The number of carbonyl (C=O) groups excluding carboxylic acids is 1. The smallest absolute Gasteiger partial charge is 0.247 e. The van der Waals surface area contributed by atoms with Gasteiger partial charge in [0.15, 0.2) is 0 Å². The SMILES string of the molecule is O=C(/C=C/c1ccc(Cl)cc1)N(Cc1ccco1)Cc1c(F)cccc1Cl. The molecule has 0 unspecified atom stereocenters. The molecule has 0 aliphatic rings. The third-order valence-electron chi connectivity index (χ3n) is 3.94. The zero-order valence-corrected chi connectivity index (χ0v) is 15.8. The third kappa shape index (κ3) is 5.22. The highest BCUT2D eigenvalue weighted by molar-refractivity contribution is 6.31. The molecule has 27 heavy (non-hydrogen) atoms. The molecule has 1 aromatic heterocycles. The summed E-state index contributed by atoms with van der Waals surface area (Å²) >= 11 is 12.0. The van der Waals surface area contributed by atoms with Crippen LogP contribution in [0.1, 0.15) is 16.9 Å². The van der Waals surface area contributed by atoms with Crippen LogP contribution in [0.4, 0.5) is 4.39 Å². The number of benzene rings is 2. The quantitative estimate of drug-likeness (QED) is 0.475. The van der Waals surface area contributed by atoms with Gasteiger partial charge in [-0.05, 0) is 48.0 Å². The average molecular weight is 404 g/mol. The van der Waals surface area contributed by atoms with Crippen LogP contribution in [-0.4, -0.2) is 10.8 Å². The van der Waals surface area contributed by atoms with Crippen molar-refractivity contribution in [1.29, 1.82) is 0 Å². The summed E-state index contributed by atoms with van der Waals surface area (Å²) in [6.45, 7) is 0.220. The molecule has 0 saturated heterocycles. The molecule has 0 aliphatic carbocycles. The Morgan fingerprint density at radius 2 is 1.81 bits per heavy atom. The van der Waals surface area contributed by atoms with E-state index in [1.807, 2.05) is 0 Å². The molecule has 0 N–H and O–H groups in total. The number of hydrogen-bond acceptors (Lipinski definition) is 2. The number of rotatable bonds is 6. The number of carbonyl (C=O) groups is 1. The van der Waals surface area contributed by atoms with Gasteiger partial charge in [-0.3, -0.25) is 4.79 Å². The van der Waals surface area contributed by atoms with E-state index in [0.717, 1.165) is 5.56 Å². The number of furan rings is 1. The van der Waals surface area contributed by atoms with Gasteiger partial charge < -0.3 is 9.32 Å². The van der Waals surface area contributed by atoms with Gasteiger partial charge in [0.2, 0.25) is 5.91 Å². The van der Waals surface area contributed by atoms with E-state index in [0.29, 0.717) is 10.8 Å². The Hall–Kier alpha value is -2.56. The first kappa shape index (κ1) is 19.2. The molecule has 3 rings (SSSR count). The van der Waals surface area contributed by atoms with Crippen molar-refractivity contribution in [3.63, 3.8) is 0 Å². The van der Waals surface area contributed by atoms with Crippen LogP contribution in [-0.2, 0) is 17.9 Å². The summed E-state index contributed by atoms with van der Waals surface area (Å²) < 4.78 is 19.5. The molecule has 0 saturated carbocycles. The van der Waals surface area contributed by atoms with E-state index < -0.39 is 5.82 Å². The Balaban J connectivity index is 1.82. The van der Waals surface area contributed by atoms with Crippen molar-refractivity contribution in [2.75, 3.05) is 0 Å². The summed E-state index contributed by atoms with van der Waals surface area (Å²) in [6.07, 6.45) is 4.63. The fourth-order valence-corrected chi connectivity index (χ4v) is 2.87. The lowest BCUT2D eigenvalue weighted by Gasteiger charge is -2.21. The molecule has 138 valence electrons. The lowest BCUT2D eigenvalue weighted by Crippen LogP contribution is -2.29. The van der Waals surface area contributed by atoms with Crippen LogP contribution >= 0.6 is 23.2 Å². The molecule has 1 heterocycles. The van der Waals surface area contributed by atoms with E-state index in [1.165, 1.54) is 29.4 Å². The summed E-state index contributed by atoms with van der Waals surface area (Å²) in [5.74, 6) is -0.155. The van der Waals surface area contributed by atoms with Crippen LogP contribution in [0.5, 0.6) is 0 Å². The van der Waals surface area contributed by atoms with E-state index in [2.05, 4.69) is 0 Å². The van der Waals surface area contributed by atoms with Gasteiger partial charge in [-0.2, -0.15) is 0 Å². The Bertz CT molecular complexity index is 917. The number of halogens is 3. The van der Waals surface area contributed by atoms with Gasteiger partial charge in [-0.15, -0.1) is 0 Å². The molecule has 0 fully saturated rings. The monoisotopic (exact) mass is 403 g/mol. The summed E-state index contributed by atoms with van der Waals surface area (Å²) in [4.78, 5) is 14.2. The average Bonchev–Trinajstić information content (AvgIpc) is 3.16. The van der Waals surface area contributed by atoms with E-state index in [9.17, 15) is 9.18 Å². The molecule has 1 amide bonds. The molecule has 3 aromatic rings. The second-order valence-corrected chi connectivity index (χ2v) is 6.70. The van der Waals surface area contributed by atoms with Crippen LogP contribution in [0.25, 0.3) is 6.08 Å². The van der Waals surface area contributed by atoms with Gasteiger partial charge in [-0.1, -0.05) is 41.4 Å². The summed E-state index contributed by atoms with van der Waals surface area (Å²) in [5.41, 5.74) is 1.09. The predicted molar refractivity (Wildman–Crippen MR) is 105 cm³/mol. The molecule has 3 nitrogen and oxygen atoms in total. The first-order chi connectivity index (χ1) is 13.0. The van der Waals surface area contributed by atoms with E-state index in [1.54, 1.807) is 48.5 Å². The Kier molecular flexibility index (Phi) is 6.32. The number of hydrogen-bond donors (Lipinski definition) is 0. The molecule has 0 aliphatic heterocycles. The standard InChI is InChI=1S/C21H16Cl2FNO2/c22-16-9-6-15(7-10-16)8-11-21(26)25(13-17-3-2-12-27-17)14-18-19(23)4-1-5-20(18)24/h1-12H,13-14H2/b11-8+. The minimum absolute atomic E-state index is 0.0238. The normalized spacial score (nSPS) is 11.1. The fraction of sp³-hybridized carbons (Fsp3) is 0.0952. The zero-order valence-electron chi connectivity index (χ0n) is 14.2. The van der Waals surface area contributed by atoms with Crippen LogP contribution in [0.15, 0.2) is 71.4 Å². The first-order valence-corrected chi connectivity index (χ1v) is 8.96. The predicted octanol–water partition coefficient (Wildman–Crippen LogP) is 5.97. The highest BCUT2D eigenvalue weighted by Crippen LogP contribution is 2.22. The van der Waals surface area contributed by atoms with Crippen molar-refractivity contribution in [3.05, 3.63) is 99.7 Å². The van der Waals surface area contributed by atoms with Gasteiger partial charge in [0.05, 0.1) is 19.4 Å². The van der Waals surface area contributed by atoms with E-state index >= 15 is 0 Å². The van der Waals surface area contributed by atoms with E-state index in [-0.39, 0.29) is 29.6 Å². The molecule has 0 spiro atoms. The van der Waals surface area contributed by atoms with Crippen molar-refractivity contribution in [1.82, 2.24) is 4.90 Å².